The number of hydrogen-bond donors (Lipinski definition) is 1. The summed E-state index contributed by atoms with van der Waals surface area (Å²) in [6.45, 7) is 1.48. The second-order valence-electron chi connectivity index (χ2n) is 5.80. The number of aliphatic hydroxyl groups excluding tert-OH is 1. The zero-order valence-electron chi connectivity index (χ0n) is 11.8. The van der Waals surface area contributed by atoms with Crippen molar-refractivity contribution in [3.8, 4) is 0 Å². The molecule has 1 aromatic rings. The van der Waals surface area contributed by atoms with E-state index < -0.39 is 11.5 Å². The number of likely N-dealkylation sites (tertiary alicyclic amines) is 1. The highest BCUT2D eigenvalue weighted by atomic mass is 16.5. The van der Waals surface area contributed by atoms with E-state index in [1.807, 2.05) is 6.07 Å². The molecule has 1 amide bonds. The molecule has 1 atom stereocenters. The van der Waals surface area contributed by atoms with Crippen LogP contribution in [-0.2, 0) is 14.3 Å². The van der Waals surface area contributed by atoms with Crippen LogP contribution in [0.2, 0.25) is 0 Å². The molecule has 1 unspecified atom stereocenters. The Bertz CT molecular complexity index is 534. The maximum absolute atomic E-state index is 12.3. The largest absolute Gasteiger partial charge is 0.465 e. The number of rotatable bonds is 2. The predicted molar refractivity (Wildman–Crippen MR) is 75.2 cm³/mol. The molecular formula is C16H19NO4. The molecule has 0 radical (unpaired) electrons. The van der Waals surface area contributed by atoms with Crippen molar-refractivity contribution in [2.75, 3.05) is 19.7 Å². The lowest BCUT2D eigenvalue weighted by atomic mass is 9.77. The van der Waals surface area contributed by atoms with Gasteiger partial charge >= 0.3 is 5.97 Å². The van der Waals surface area contributed by atoms with E-state index in [0.717, 1.165) is 6.42 Å². The molecular weight excluding hydrogens is 270 g/mol. The van der Waals surface area contributed by atoms with Crippen molar-refractivity contribution in [1.29, 1.82) is 0 Å². The van der Waals surface area contributed by atoms with E-state index in [-0.39, 0.29) is 11.9 Å². The Morgan fingerprint density at radius 1 is 1.19 bits per heavy atom. The normalized spacial score (nSPS) is 22.1. The van der Waals surface area contributed by atoms with E-state index >= 15 is 0 Å². The number of cyclic esters (lactones) is 1. The van der Waals surface area contributed by atoms with Gasteiger partial charge in [0, 0.05) is 13.1 Å². The fourth-order valence-electron chi connectivity index (χ4n) is 3.15. The Morgan fingerprint density at radius 2 is 1.86 bits per heavy atom. The predicted octanol–water partition coefficient (Wildman–Crippen LogP) is 1.28. The van der Waals surface area contributed by atoms with Gasteiger partial charge in [0.2, 0.25) is 0 Å². The third-order valence-corrected chi connectivity index (χ3v) is 4.63. The highest BCUT2D eigenvalue weighted by molar-refractivity contribution is 5.83. The molecule has 3 rings (SSSR count). The third kappa shape index (κ3) is 2.53. The standard InChI is InChI=1S/C16H19NO4/c18-13(12-4-2-1-3-5-12)14(19)17-9-6-16(7-10-17)8-11-21-15(16)20/h1-5,13,18H,6-11H2. The van der Waals surface area contributed by atoms with Gasteiger partial charge in [-0.15, -0.1) is 0 Å². The molecule has 1 spiro atoms. The number of aliphatic hydroxyl groups is 1. The van der Waals surface area contributed by atoms with Crippen molar-refractivity contribution in [2.45, 2.75) is 25.4 Å². The molecule has 0 bridgehead atoms. The summed E-state index contributed by atoms with van der Waals surface area (Å²) >= 11 is 0. The molecule has 2 heterocycles. The summed E-state index contributed by atoms with van der Waals surface area (Å²) in [6.07, 6.45) is 0.864. The molecule has 21 heavy (non-hydrogen) atoms. The average Bonchev–Trinajstić information content (AvgIpc) is 2.88. The molecule has 1 N–H and O–H groups in total. The Morgan fingerprint density at radius 3 is 2.43 bits per heavy atom. The van der Waals surface area contributed by atoms with Crippen molar-refractivity contribution in [1.82, 2.24) is 4.90 Å². The van der Waals surface area contributed by atoms with Gasteiger partial charge in [-0.25, -0.2) is 0 Å². The SMILES string of the molecule is O=C(C(O)c1ccccc1)N1CCC2(CCOC2=O)CC1. The topological polar surface area (TPSA) is 66.8 Å². The van der Waals surface area contributed by atoms with Crippen LogP contribution in [0, 0.1) is 5.41 Å². The van der Waals surface area contributed by atoms with Crippen LogP contribution >= 0.6 is 0 Å². The molecule has 0 aliphatic carbocycles. The van der Waals surface area contributed by atoms with Crippen LogP contribution in [0.5, 0.6) is 0 Å². The summed E-state index contributed by atoms with van der Waals surface area (Å²) in [5.41, 5.74) is 0.206. The van der Waals surface area contributed by atoms with Gasteiger partial charge in [0.15, 0.2) is 6.10 Å². The first kappa shape index (κ1) is 14.1. The fraction of sp³-hybridized carbons (Fsp3) is 0.500. The number of amides is 1. The highest BCUT2D eigenvalue weighted by Gasteiger charge is 2.47. The summed E-state index contributed by atoms with van der Waals surface area (Å²) in [6, 6.07) is 8.92. The minimum Gasteiger partial charge on any atom is -0.465 e. The van der Waals surface area contributed by atoms with E-state index in [2.05, 4.69) is 0 Å². The lowest BCUT2D eigenvalue weighted by Crippen LogP contribution is -2.46. The van der Waals surface area contributed by atoms with Crippen molar-refractivity contribution >= 4 is 11.9 Å². The van der Waals surface area contributed by atoms with Gasteiger partial charge in [-0.05, 0) is 24.8 Å². The Kier molecular flexibility index (Phi) is 3.68. The van der Waals surface area contributed by atoms with Crippen LogP contribution in [-0.4, -0.2) is 41.6 Å². The zero-order chi connectivity index (χ0) is 14.9. The average molecular weight is 289 g/mol. The first-order chi connectivity index (χ1) is 10.1. The minimum absolute atomic E-state index is 0.127. The molecule has 5 heteroatoms. The van der Waals surface area contributed by atoms with E-state index in [1.54, 1.807) is 29.2 Å². The number of carbonyl (C=O) groups is 2. The summed E-state index contributed by atoms with van der Waals surface area (Å²) in [5.74, 6) is -0.416. The van der Waals surface area contributed by atoms with Gasteiger partial charge in [-0.1, -0.05) is 30.3 Å². The summed E-state index contributed by atoms with van der Waals surface area (Å²) in [7, 11) is 0. The zero-order valence-corrected chi connectivity index (χ0v) is 11.8. The van der Waals surface area contributed by atoms with Gasteiger partial charge in [0.25, 0.3) is 5.91 Å². The molecule has 5 nitrogen and oxygen atoms in total. The van der Waals surface area contributed by atoms with Crippen molar-refractivity contribution in [3.63, 3.8) is 0 Å². The lowest BCUT2D eigenvalue weighted by molar-refractivity contribution is -0.152. The van der Waals surface area contributed by atoms with E-state index in [9.17, 15) is 14.7 Å². The van der Waals surface area contributed by atoms with Crippen molar-refractivity contribution in [2.24, 2.45) is 5.41 Å². The number of benzene rings is 1. The summed E-state index contributed by atoms with van der Waals surface area (Å²) in [4.78, 5) is 25.8. The van der Waals surface area contributed by atoms with E-state index in [0.29, 0.717) is 38.1 Å². The van der Waals surface area contributed by atoms with Crippen molar-refractivity contribution in [3.05, 3.63) is 35.9 Å². The van der Waals surface area contributed by atoms with Crippen LogP contribution in [0.15, 0.2) is 30.3 Å². The fourth-order valence-corrected chi connectivity index (χ4v) is 3.15. The van der Waals surface area contributed by atoms with Gasteiger partial charge in [0.1, 0.15) is 0 Å². The van der Waals surface area contributed by atoms with Crippen LogP contribution in [0.1, 0.15) is 30.9 Å². The first-order valence-corrected chi connectivity index (χ1v) is 7.31. The smallest absolute Gasteiger partial charge is 0.312 e. The maximum Gasteiger partial charge on any atom is 0.312 e. The maximum atomic E-state index is 12.3. The van der Waals surface area contributed by atoms with Crippen LogP contribution in [0.25, 0.3) is 0 Å². The summed E-state index contributed by atoms with van der Waals surface area (Å²) in [5, 5.41) is 10.2. The molecule has 1 aromatic carbocycles. The van der Waals surface area contributed by atoms with E-state index in [1.165, 1.54) is 0 Å². The molecule has 0 saturated carbocycles. The quantitative estimate of drug-likeness (QED) is 0.833. The third-order valence-electron chi connectivity index (χ3n) is 4.63. The monoisotopic (exact) mass is 289 g/mol. The Labute approximate surface area is 123 Å². The molecule has 112 valence electrons. The van der Waals surface area contributed by atoms with Crippen LogP contribution in [0.3, 0.4) is 0 Å². The minimum atomic E-state index is -1.13. The number of esters is 1. The molecule has 0 aromatic heterocycles. The van der Waals surface area contributed by atoms with Crippen molar-refractivity contribution < 1.29 is 19.4 Å². The summed E-state index contributed by atoms with van der Waals surface area (Å²) < 4.78 is 5.07. The molecule has 2 aliphatic heterocycles. The number of hydrogen-bond acceptors (Lipinski definition) is 4. The molecule has 2 aliphatic rings. The second kappa shape index (κ2) is 5.48. The number of piperidine rings is 1. The van der Waals surface area contributed by atoms with Crippen LogP contribution < -0.4 is 0 Å². The second-order valence-corrected chi connectivity index (χ2v) is 5.80. The highest BCUT2D eigenvalue weighted by Crippen LogP contribution is 2.40. The van der Waals surface area contributed by atoms with Crippen LogP contribution in [0.4, 0.5) is 0 Å². The molecule has 2 saturated heterocycles. The number of carbonyl (C=O) groups excluding carboxylic acids is 2. The van der Waals surface area contributed by atoms with Gasteiger partial charge in [-0.2, -0.15) is 0 Å². The Balaban J connectivity index is 1.64. The lowest BCUT2D eigenvalue weighted by Gasteiger charge is -2.37. The number of ether oxygens (including phenoxy) is 1. The molecule has 2 fully saturated rings. The Hall–Kier alpha value is -1.88. The number of nitrogens with zero attached hydrogens (tertiary/aromatic N) is 1. The van der Waals surface area contributed by atoms with Gasteiger partial charge < -0.3 is 14.7 Å². The van der Waals surface area contributed by atoms with E-state index in [4.69, 9.17) is 4.74 Å². The first-order valence-electron chi connectivity index (χ1n) is 7.31. The van der Waals surface area contributed by atoms with Gasteiger partial charge in [0.05, 0.1) is 12.0 Å². The van der Waals surface area contributed by atoms with Gasteiger partial charge in [-0.3, -0.25) is 9.59 Å².